The number of ether oxygens (including phenoxy) is 2. The van der Waals surface area contributed by atoms with Gasteiger partial charge in [-0.05, 0) is 55.7 Å². The summed E-state index contributed by atoms with van der Waals surface area (Å²) in [5.74, 6) is 0. The number of nitrogens with zero attached hydrogens (tertiary/aromatic N) is 2. The van der Waals surface area contributed by atoms with E-state index in [1.54, 1.807) is 0 Å². The molecule has 1 unspecified atom stereocenters. The van der Waals surface area contributed by atoms with E-state index in [2.05, 4.69) is 34.6 Å². The van der Waals surface area contributed by atoms with Crippen LogP contribution < -0.4 is 0 Å². The summed E-state index contributed by atoms with van der Waals surface area (Å²) in [6, 6.07) is 0. The summed E-state index contributed by atoms with van der Waals surface area (Å²) in [6.45, 7) is 6.44. The van der Waals surface area contributed by atoms with Crippen molar-refractivity contribution in [2.24, 2.45) is 0 Å². The molecule has 1 aliphatic heterocycles. The van der Waals surface area contributed by atoms with Crippen LogP contribution in [0.2, 0.25) is 0 Å². The third-order valence-electron chi connectivity index (χ3n) is 3.04. The molecule has 1 saturated heterocycles. The van der Waals surface area contributed by atoms with Gasteiger partial charge in [-0.25, -0.2) is 0 Å². The van der Waals surface area contributed by atoms with E-state index in [0.29, 0.717) is 6.61 Å². The second-order valence-electron chi connectivity index (χ2n) is 4.37. The molecular formula is C12H19IN2O2. The summed E-state index contributed by atoms with van der Waals surface area (Å²) in [4.78, 5) is 0. The molecule has 0 radical (unpaired) electrons. The second-order valence-corrected chi connectivity index (χ2v) is 5.45. The number of rotatable bonds is 4. The first-order valence-corrected chi connectivity index (χ1v) is 7.19. The Balaban J connectivity index is 1.79. The van der Waals surface area contributed by atoms with Crippen molar-refractivity contribution in [1.82, 2.24) is 9.78 Å². The topological polar surface area (TPSA) is 36.3 Å². The van der Waals surface area contributed by atoms with Crippen molar-refractivity contribution in [3.05, 3.63) is 15.0 Å². The lowest BCUT2D eigenvalue weighted by molar-refractivity contribution is -0.163. The third kappa shape index (κ3) is 3.42. The van der Waals surface area contributed by atoms with Crippen LogP contribution in [-0.2, 0) is 16.0 Å². The average Bonchev–Trinajstić information content (AvgIpc) is 2.59. The van der Waals surface area contributed by atoms with Gasteiger partial charge in [-0.1, -0.05) is 0 Å². The number of hydrogen-bond donors (Lipinski definition) is 0. The molecule has 0 amide bonds. The molecule has 0 bridgehead atoms. The van der Waals surface area contributed by atoms with Crippen LogP contribution in [0.25, 0.3) is 0 Å². The highest BCUT2D eigenvalue weighted by Gasteiger charge is 2.14. The molecule has 0 spiro atoms. The summed E-state index contributed by atoms with van der Waals surface area (Å²) in [7, 11) is 0. The standard InChI is InChI=1S/C12H19IN2O2/c1-9-12(13)10(2)15(14-9)6-8-17-11-5-3-4-7-16-11/h11H,3-8H2,1-2H3. The molecule has 1 aromatic heterocycles. The first-order valence-electron chi connectivity index (χ1n) is 6.11. The van der Waals surface area contributed by atoms with Crippen LogP contribution >= 0.6 is 22.6 Å². The average molecular weight is 350 g/mol. The maximum Gasteiger partial charge on any atom is 0.157 e. The Morgan fingerprint density at radius 1 is 1.47 bits per heavy atom. The Hall–Kier alpha value is -0.140. The zero-order chi connectivity index (χ0) is 12.3. The SMILES string of the molecule is Cc1nn(CCOC2CCCCO2)c(C)c1I. The van der Waals surface area contributed by atoms with Crippen LogP contribution in [-0.4, -0.2) is 29.3 Å². The molecule has 0 aromatic carbocycles. The van der Waals surface area contributed by atoms with E-state index >= 15 is 0 Å². The van der Waals surface area contributed by atoms with Crippen LogP contribution in [0.4, 0.5) is 0 Å². The number of hydrogen-bond acceptors (Lipinski definition) is 3. The number of halogens is 1. The van der Waals surface area contributed by atoms with Gasteiger partial charge in [0.1, 0.15) is 0 Å². The molecule has 1 atom stereocenters. The van der Waals surface area contributed by atoms with Crippen LogP contribution in [0.15, 0.2) is 0 Å². The van der Waals surface area contributed by atoms with E-state index in [1.165, 1.54) is 15.7 Å². The molecule has 1 fully saturated rings. The quantitative estimate of drug-likeness (QED) is 0.784. The Bertz CT molecular complexity index is 373. The van der Waals surface area contributed by atoms with Crippen molar-refractivity contribution < 1.29 is 9.47 Å². The van der Waals surface area contributed by atoms with Crippen LogP contribution in [0, 0.1) is 17.4 Å². The van der Waals surface area contributed by atoms with Gasteiger partial charge in [0.05, 0.1) is 22.4 Å². The van der Waals surface area contributed by atoms with Gasteiger partial charge in [-0.15, -0.1) is 0 Å². The Kier molecular flexibility index (Phi) is 4.81. The maximum atomic E-state index is 5.71. The Labute approximate surface area is 116 Å². The minimum absolute atomic E-state index is 0.000197. The van der Waals surface area contributed by atoms with Crippen molar-refractivity contribution in [1.29, 1.82) is 0 Å². The predicted octanol–water partition coefficient (Wildman–Crippen LogP) is 2.65. The lowest BCUT2D eigenvalue weighted by atomic mass is 10.2. The molecule has 4 nitrogen and oxygen atoms in total. The third-order valence-corrected chi connectivity index (χ3v) is 4.60. The molecule has 0 N–H and O–H groups in total. The van der Waals surface area contributed by atoms with Crippen LogP contribution in [0.3, 0.4) is 0 Å². The fraction of sp³-hybridized carbons (Fsp3) is 0.750. The van der Waals surface area contributed by atoms with Crippen molar-refractivity contribution in [2.75, 3.05) is 13.2 Å². The molecule has 1 aromatic rings. The van der Waals surface area contributed by atoms with E-state index in [0.717, 1.165) is 31.7 Å². The zero-order valence-electron chi connectivity index (χ0n) is 10.4. The molecular weight excluding hydrogens is 331 g/mol. The van der Waals surface area contributed by atoms with E-state index < -0.39 is 0 Å². The molecule has 5 heteroatoms. The van der Waals surface area contributed by atoms with Gasteiger partial charge in [0.15, 0.2) is 6.29 Å². The minimum atomic E-state index is -0.000197. The first-order chi connectivity index (χ1) is 8.18. The molecule has 2 rings (SSSR count). The van der Waals surface area contributed by atoms with Crippen molar-refractivity contribution in [3.63, 3.8) is 0 Å². The zero-order valence-corrected chi connectivity index (χ0v) is 12.6. The maximum absolute atomic E-state index is 5.71. The van der Waals surface area contributed by atoms with Gasteiger partial charge < -0.3 is 9.47 Å². The number of aromatic nitrogens is 2. The van der Waals surface area contributed by atoms with E-state index in [-0.39, 0.29) is 6.29 Å². The first kappa shape index (κ1) is 13.3. The molecule has 0 aliphatic carbocycles. The van der Waals surface area contributed by atoms with Crippen LogP contribution in [0.5, 0.6) is 0 Å². The molecule has 0 saturated carbocycles. The monoisotopic (exact) mass is 350 g/mol. The predicted molar refractivity (Wildman–Crippen MR) is 74.0 cm³/mol. The Morgan fingerprint density at radius 2 is 2.29 bits per heavy atom. The van der Waals surface area contributed by atoms with Crippen molar-refractivity contribution in [3.8, 4) is 0 Å². The molecule has 1 aliphatic rings. The van der Waals surface area contributed by atoms with Crippen molar-refractivity contribution >= 4 is 22.6 Å². The number of aryl methyl sites for hydroxylation is 1. The van der Waals surface area contributed by atoms with E-state index in [4.69, 9.17) is 9.47 Å². The van der Waals surface area contributed by atoms with Gasteiger partial charge in [0, 0.05) is 12.3 Å². The lowest BCUT2D eigenvalue weighted by Gasteiger charge is -2.22. The fourth-order valence-electron chi connectivity index (χ4n) is 2.01. The van der Waals surface area contributed by atoms with Gasteiger partial charge in [-0.2, -0.15) is 5.10 Å². The van der Waals surface area contributed by atoms with Crippen LogP contribution in [0.1, 0.15) is 30.7 Å². The lowest BCUT2D eigenvalue weighted by Crippen LogP contribution is -2.24. The van der Waals surface area contributed by atoms with E-state index in [9.17, 15) is 0 Å². The molecule has 96 valence electrons. The van der Waals surface area contributed by atoms with Gasteiger partial charge in [0.25, 0.3) is 0 Å². The molecule has 17 heavy (non-hydrogen) atoms. The summed E-state index contributed by atoms with van der Waals surface area (Å²) >= 11 is 2.34. The van der Waals surface area contributed by atoms with Gasteiger partial charge >= 0.3 is 0 Å². The highest BCUT2D eigenvalue weighted by atomic mass is 127. The van der Waals surface area contributed by atoms with Gasteiger partial charge in [-0.3, -0.25) is 4.68 Å². The second kappa shape index (κ2) is 6.15. The molecule has 2 heterocycles. The summed E-state index contributed by atoms with van der Waals surface area (Å²) in [5, 5.41) is 4.48. The highest BCUT2D eigenvalue weighted by molar-refractivity contribution is 14.1. The largest absolute Gasteiger partial charge is 0.353 e. The summed E-state index contributed by atoms with van der Waals surface area (Å²) in [6.07, 6.45) is 3.40. The Morgan fingerprint density at radius 3 is 2.88 bits per heavy atom. The summed E-state index contributed by atoms with van der Waals surface area (Å²) < 4.78 is 14.5. The fourth-order valence-corrected chi connectivity index (χ4v) is 2.39. The minimum Gasteiger partial charge on any atom is -0.353 e. The van der Waals surface area contributed by atoms with Crippen molar-refractivity contribution in [2.45, 2.75) is 45.9 Å². The highest BCUT2D eigenvalue weighted by Crippen LogP contribution is 2.16. The normalized spacial score (nSPS) is 20.8. The summed E-state index contributed by atoms with van der Waals surface area (Å²) in [5.41, 5.74) is 2.31. The van der Waals surface area contributed by atoms with Gasteiger partial charge in [0.2, 0.25) is 0 Å². The van der Waals surface area contributed by atoms with E-state index in [1.807, 2.05) is 11.6 Å². The smallest absolute Gasteiger partial charge is 0.157 e.